The highest BCUT2D eigenvalue weighted by Crippen LogP contribution is 2.15. The molecule has 0 bridgehead atoms. The van der Waals surface area contributed by atoms with Gasteiger partial charge in [0.05, 0.1) is 5.56 Å². The van der Waals surface area contributed by atoms with Crippen LogP contribution in [0.25, 0.3) is 0 Å². The molecule has 0 saturated heterocycles. The van der Waals surface area contributed by atoms with Crippen molar-refractivity contribution < 1.29 is 4.79 Å². The molecule has 8 heteroatoms. The molecule has 2 aromatic heterocycles. The van der Waals surface area contributed by atoms with Crippen LogP contribution in [0.4, 0.5) is 5.13 Å². The highest BCUT2D eigenvalue weighted by Gasteiger charge is 2.08. The molecule has 0 aliphatic carbocycles. The molecule has 0 saturated carbocycles. The second-order valence-electron chi connectivity index (χ2n) is 2.59. The fraction of sp³-hybridized carbons (Fsp3) is 0.125. The third-order valence-corrected chi connectivity index (χ3v) is 2.97. The summed E-state index contributed by atoms with van der Waals surface area (Å²) >= 11 is 2.85. The van der Waals surface area contributed by atoms with Gasteiger partial charge in [-0.05, 0) is 18.4 Å². The lowest BCUT2D eigenvalue weighted by Crippen LogP contribution is -2.10. The Bertz CT molecular complexity index is 444. The first-order chi connectivity index (χ1) is 6.75. The molecule has 2 aromatic rings. The van der Waals surface area contributed by atoms with Crippen LogP contribution in [-0.2, 0) is 0 Å². The van der Waals surface area contributed by atoms with E-state index in [1.807, 2.05) is 12.3 Å². The zero-order chi connectivity index (χ0) is 9.97. The van der Waals surface area contributed by atoms with Gasteiger partial charge in [-0.1, -0.05) is 11.3 Å². The third-order valence-electron chi connectivity index (χ3n) is 1.53. The maximum atomic E-state index is 11.5. The van der Waals surface area contributed by atoms with Gasteiger partial charge in [0.2, 0.25) is 5.13 Å². The van der Waals surface area contributed by atoms with Crippen molar-refractivity contribution >= 4 is 58.5 Å². The Morgan fingerprint density at radius 3 is 2.62 bits per heavy atom. The molecule has 0 aromatic carbocycles. The van der Waals surface area contributed by atoms with Gasteiger partial charge in [-0.25, -0.2) is 0 Å². The summed E-state index contributed by atoms with van der Waals surface area (Å²) in [6.07, 6.45) is 0. The van der Waals surface area contributed by atoms with Crippen LogP contribution < -0.4 is 5.32 Å². The van der Waals surface area contributed by atoms with E-state index >= 15 is 0 Å². The summed E-state index contributed by atoms with van der Waals surface area (Å²) in [7, 11) is 0. The predicted molar refractivity (Wildman–Crippen MR) is 71.4 cm³/mol. The highest BCUT2D eigenvalue weighted by molar-refractivity contribution is 7.15. The van der Waals surface area contributed by atoms with Crippen molar-refractivity contribution in [2.45, 2.75) is 6.92 Å². The summed E-state index contributed by atoms with van der Waals surface area (Å²) in [4.78, 5) is 11.5. The number of carbonyl (C=O) groups is 1. The fourth-order valence-electron chi connectivity index (χ4n) is 0.910. The van der Waals surface area contributed by atoms with Crippen LogP contribution in [0, 0.1) is 6.92 Å². The van der Waals surface area contributed by atoms with E-state index in [0.717, 1.165) is 5.01 Å². The minimum absolute atomic E-state index is 0. The Morgan fingerprint density at radius 2 is 2.12 bits per heavy atom. The molecule has 2 heterocycles. The topological polar surface area (TPSA) is 54.9 Å². The Morgan fingerprint density at radius 1 is 1.38 bits per heavy atom. The summed E-state index contributed by atoms with van der Waals surface area (Å²) in [6.45, 7) is 1.85. The van der Waals surface area contributed by atoms with E-state index in [2.05, 4.69) is 15.5 Å². The van der Waals surface area contributed by atoms with Crippen molar-refractivity contribution in [3.63, 3.8) is 0 Å². The lowest BCUT2D eigenvalue weighted by molar-refractivity contribution is 0.102. The average molecular weight is 298 g/mol. The molecule has 2 rings (SSSR count). The molecule has 1 amide bonds. The molecule has 0 atom stereocenters. The maximum Gasteiger partial charge on any atom is 0.258 e. The number of anilines is 1. The number of thiophene rings is 1. The summed E-state index contributed by atoms with van der Waals surface area (Å²) in [5.74, 6) is -0.137. The van der Waals surface area contributed by atoms with Gasteiger partial charge < -0.3 is 0 Å². The smallest absolute Gasteiger partial charge is 0.258 e. The first-order valence-corrected chi connectivity index (χ1v) is 5.65. The molecule has 0 aliphatic heterocycles. The maximum absolute atomic E-state index is 11.5. The molecule has 16 heavy (non-hydrogen) atoms. The Kier molecular flexibility index (Phi) is 6.51. The zero-order valence-corrected chi connectivity index (χ0v) is 11.4. The first kappa shape index (κ1) is 15.3. The zero-order valence-electron chi connectivity index (χ0n) is 8.17. The molecule has 4 nitrogen and oxygen atoms in total. The number of hydrogen-bond donors (Lipinski definition) is 1. The summed E-state index contributed by atoms with van der Waals surface area (Å²) < 4.78 is 0. The summed E-state index contributed by atoms with van der Waals surface area (Å²) in [6, 6.07) is 1.77. The van der Waals surface area contributed by atoms with Crippen LogP contribution in [0.1, 0.15) is 15.4 Å². The lowest BCUT2D eigenvalue weighted by Gasteiger charge is -1.96. The molecular weight excluding hydrogens is 289 g/mol. The lowest BCUT2D eigenvalue weighted by atomic mass is 10.3. The number of aryl methyl sites for hydroxylation is 1. The normalized spacial score (nSPS) is 8.81. The van der Waals surface area contributed by atoms with Crippen LogP contribution in [0.3, 0.4) is 0 Å². The van der Waals surface area contributed by atoms with Gasteiger partial charge in [-0.3, -0.25) is 10.1 Å². The minimum atomic E-state index is -0.137. The first-order valence-electron chi connectivity index (χ1n) is 3.89. The van der Waals surface area contributed by atoms with E-state index in [4.69, 9.17) is 0 Å². The van der Waals surface area contributed by atoms with Crippen molar-refractivity contribution in [3.8, 4) is 0 Å². The van der Waals surface area contributed by atoms with Crippen molar-refractivity contribution in [2.24, 2.45) is 0 Å². The van der Waals surface area contributed by atoms with Crippen molar-refractivity contribution in [1.29, 1.82) is 0 Å². The van der Waals surface area contributed by atoms with Crippen LogP contribution in [0.15, 0.2) is 16.8 Å². The van der Waals surface area contributed by atoms with Gasteiger partial charge in [0, 0.05) is 5.38 Å². The van der Waals surface area contributed by atoms with Gasteiger partial charge in [0.1, 0.15) is 5.01 Å². The SMILES string of the molecule is Cc1nnc(NC(=O)c2ccsc2)s1.Cl.Cl. The Hall–Kier alpha value is -0.690. The fourth-order valence-corrected chi connectivity index (χ4v) is 2.13. The standard InChI is InChI=1S/C8H7N3OS2.2ClH/c1-5-10-11-8(14-5)9-7(12)6-2-3-13-4-6;;/h2-4H,1H3,(H,9,11,12);2*1H. The summed E-state index contributed by atoms with van der Waals surface area (Å²) in [5.41, 5.74) is 0.655. The predicted octanol–water partition coefficient (Wildman–Crippen LogP) is 3.00. The second kappa shape index (κ2) is 6.80. The second-order valence-corrected chi connectivity index (χ2v) is 4.55. The average Bonchev–Trinajstić information content (AvgIpc) is 2.75. The van der Waals surface area contributed by atoms with E-state index in [9.17, 15) is 4.79 Å². The van der Waals surface area contributed by atoms with Crippen LogP contribution in [0.5, 0.6) is 0 Å². The summed E-state index contributed by atoms with van der Waals surface area (Å²) in [5, 5.41) is 15.3. The van der Waals surface area contributed by atoms with Crippen molar-refractivity contribution in [1.82, 2.24) is 10.2 Å². The molecule has 0 aliphatic rings. The largest absolute Gasteiger partial charge is 0.296 e. The number of aromatic nitrogens is 2. The van der Waals surface area contributed by atoms with E-state index in [-0.39, 0.29) is 30.7 Å². The van der Waals surface area contributed by atoms with Crippen molar-refractivity contribution in [2.75, 3.05) is 5.32 Å². The number of hydrogen-bond acceptors (Lipinski definition) is 5. The van der Waals surface area contributed by atoms with E-state index in [1.54, 1.807) is 11.4 Å². The number of nitrogens with zero attached hydrogens (tertiary/aromatic N) is 2. The molecule has 0 fully saturated rings. The van der Waals surface area contributed by atoms with Crippen molar-refractivity contribution in [3.05, 3.63) is 27.4 Å². The van der Waals surface area contributed by atoms with Gasteiger partial charge in [-0.15, -0.1) is 35.0 Å². The van der Waals surface area contributed by atoms with Gasteiger partial charge in [0.25, 0.3) is 5.91 Å². The van der Waals surface area contributed by atoms with E-state index in [0.29, 0.717) is 10.7 Å². The minimum Gasteiger partial charge on any atom is -0.296 e. The monoisotopic (exact) mass is 297 g/mol. The molecule has 88 valence electrons. The van der Waals surface area contributed by atoms with Crippen LogP contribution in [-0.4, -0.2) is 16.1 Å². The molecule has 1 N–H and O–H groups in total. The van der Waals surface area contributed by atoms with Gasteiger partial charge in [-0.2, -0.15) is 11.3 Å². The molecule has 0 radical (unpaired) electrons. The third kappa shape index (κ3) is 3.71. The van der Waals surface area contributed by atoms with Crippen LogP contribution >= 0.6 is 47.5 Å². The molecular formula is C8H9Cl2N3OS2. The van der Waals surface area contributed by atoms with Gasteiger partial charge in [0.15, 0.2) is 0 Å². The number of nitrogens with one attached hydrogen (secondary N) is 1. The number of halogens is 2. The number of carbonyl (C=O) groups excluding carboxylic acids is 1. The van der Waals surface area contributed by atoms with Gasteiger partial charge >= 0.3 is 0 Å². The van der Waals surface area contributed by atoms with E-state index in [1.165, 1.54) is 22.7 Å². The number of rotatable bonds is 2. The number of amides is 1. The Labute approximate surface area is 113 Å². The molecule has 0 unspecified atom stereocenters. The Balaban J connectivity index is 0.00000112. The van der Waals surface area contributed by atoms with E-state index < -0.39 is 0 Å². The van der Waals surface area contributed by atoms with Crippen LogP contribution in [0.2, 0.25) is 0 Å². The highest BCUT2D eigenvalue weighted by atomic mass is 35.5. The quantitative estimate of drug-likeness (QED) is 0.927. The molecule has 0 spiro atoms.